The molecule has 0 aromatic heterocycles. The van der Waals surface area contributed by atoms with Crippen LogP contribution in [0.5, 0.6) is 5.75 Å². The molecule has 1 aromatic carbocycles. The number of hydrogen-bond donors (Lipinski definition) is 0. The molecule has 0 spiro atoms. The summed E-state index contributed by atoms with van der Waals surface area (Å²) in [7, 11) is 0. The third-order valence-electron chi connectivity index (χ3n) is 9.75. The molecule has 34 heavy (non-hydrogen) atoms. The number of fused-ring (bicyclic) bond motifs is 1. The molecule has 0 bridgehead atoms. The van der Waals surface area contributed by atoms with Crippen molar-refractivity contribution in [3.63, 3.8) is 0 Å². The van der Waals surface area contributed by atoms with Crippen molar-refractivity contribution in [2.75, 3.05) is 6.61 Å². The fraction of sp³-hybridized carbons (Fsp3) is 0.806. The minimum absolute atomic E-state index is 0.0674. The van der Waals surface area contributed by atoms with E-state index in [1.807, 2.05) is 0 Å². The summed E-state index contributed by atoms with van der Waals surface area (Å²) in [6.07, 6.45) is 20.5. The van der Waals surface area contributed by atoms with Gasteiger partial charge in [0.2, 0.25) is 5.82 Å². The van der Waals surface area contributed by atoms with Crippen molar-refractivity contribution in [3.8, 4) is 5.75 Å². The first kappa shape index (κ1) is 26.0. The second-order valence-corrected chi connectivity index (χ2v) is 11.8. The fourth-order valence-electron chi connectivity index (χ4n) is 7.73. The predicted octanol–water partition coefficient (Wildman–Crippen LogP) is 9.83. The van der Waals surface area contributed by atoms with E-state index in [9.17, 15) is 8.78 Å². The van der Waals surface area contributed by atoms with Crippen LogP contribution in [0.15, 0.2) is 12.1 Å². The van der Waals surface area contributed by atoms with Crippen molar-refractivity contribution >= 4 is 0 Å². The van der Waals surface area contributed by atoms with Crippen LogP contribution in [0.1, 0.15) is 128 Å². The summed E-state index contributed by atoms with van der Waals surface area (Å²) >= 11 is 0. The Bertz CT molecular complexity index is 754. The van der Waals surface area contributed by atoms with Gasteiger partial charge in [-0.2, -0.15) is 4.39 Å². The zero-order chi connectivity index (χ0) is 23.9. The highest BCUT2D eigenvalue weighted by Gasteiger charge is 2.44. The van der Waals surface area contributed by atoms with Crippen LogP contribution in [0, 0.1) is 41.2 Å². The van der Waals surface area contributed by atoms with Crippen LogP contribution in [0.3, 0.4) is 0 Å². The van der Waals surface area contributed by atoms with E-state index in [1.54, 1.807) is 12.1 Å². The smallest absolute Gasteiger partial charge is 0.200 e. The van der Waals surface area contributed by atoms with E-state index in [0.29, 0.717) is 12.2 Å². The Kier molecular flexibility index (Phi) is 9.71. The molecule has 3 aliphatic carbocycles. The van der Waals surface area contributed by atoms with Gasteiger partial charge in [0.05, 0.1) is 6.61 Å². The van der Waals surface area contributed by atoms with Crippen molar-refractivity contribution in [2.24, 2.45) is 29.6 Å². The zero-order valence-corrected chi connectivity index (χ0v) is 21.8. The van der Waals surface area contributed by atoms with Crippen LogP contribution in [0.2, 0.25) is 0 Å². The van der Waals surface area contributed by atoms with Gasteiger partial charge < -0.3 is 4.74 Å². The van der Waals surface area contributed by atoms with Crippen molar-refractivity contribution in [2.45, 2.75) is 122 Å². The Hall–Kier alpha value is -1.12. The summed E-state index contributed by atoms with van der Waals surface area (Å²) in [6, 6.07) is 3.42. The first-order chi connectivity index (χ1) is 16.6. The van der Waals surface area contributed by atoms with Gasteiger partial charge in [-0.25, -0.2) is 4.39 Å². The van der Waals surface area contributed by atoms with Gasteiger partial charge in [-0.1, -0.05) is 58.4 Å². The lowest BCUT2D eigenvalue weighted by atomic mass is 9.75. The van der Waals surface area contributed by atoms with Gasteiger partial charge in [0, 0.05) is 0 Å². The molecule has 1 nitrogen and oxygen atoms in total. The fourth-order valence-corrected chi connectivity index (χ4v) is 7.73. The summed E-state index contributed by atoms with van der Waals surface area (Å²) in [5.41, 5.74) is 0.567. The molecule has 0 radical (unpaired) electrons. The van der Waals surface area contributed by atoms with Gasteiger partial charge in [0.15, 0.2) is 11.6 Å². The Morgan fingerprint density at radius 1 is 0.706 bits per heavy atom. The maximum Gasteiger partial charge on any atom is 0.200 e. The van der Waals surface area contributed by atoms with Gasteiger partial charge in [0.1, 0.15) is 0 Å². The van der Waals surface area contributed by atoms with Crippen LogP contribution in [0.25, 0.3) is 0 Å². The highest BCUT2D eigenvalue weighted by Crippen LogP contribution is 2.54. The summed E-state index contributed by atoms with van der Waals surface area (Å²) in [5.74, 6) is 3.56. The van der Waals surface area contributed by atoms with E-state index in [1.165, 1.54) is 77.0 Å². The second-order valence-electron chi connectivity index (χ2n) is 11.8. The second kappa shape index (κ2) is 12.7. The molecule has 4 atom stereocenters. The molecule has 4 rings (SSSR count). The van der Waals surface area contributed by atoms with Crippen LogP contribution >= 0.6 is 0 Å². The molecule has 0 aliphatic heterocycles. The molecule has 4 unspecified atom stereocenters. The first-order valence-electron chi connectivity index (χ1n) is 14.7. The third-order valence-corrected chi connectivity index (χ3v) is 9.75. The lowest BCUT2D eigenvalue weighted by Gasteiger charge is -2.30. The van der Waals surface area contributed by atoms with Gasteiger partial charge in [-0.15, -0.1) is 0 Å². The van der Waals surface area contributed by atoms with E-state index in [2.05, 4.69) is 13.8 Å². The Labute approximate surface area is 207 Å². The van der Waals surface area contributed by atoms with Crippen molar-refractivity contribution < 1.29 is 13.5 Å². The molecular formula is C31H48F2O. The average Bonchev–Trinajstić information content (AvgIpc) is 3.44. The summed E-state index contributed by atoms with van der Waals surface area (Å²) in [4.78, 5) is 0. The minimum atomic E-state index is -0.795. The van der Waals surface area contributed by atoms with E-state index in [-0.39, 0.29) is 11.7 Å². The van der Waals surface area contributed by atoms with Crippen molar-refractivity contribution in [1.82, 2.24) is 0 Å². The SMILES string of the molecule is CCCCCC1CCC2C(CCC3CCC(c4ccc(OCCCC)c(F)c4F)CC3)CCC12. The molecule has 3 saturated carbocycles. The van der Waals surface area contributed by atoms with Crippen molar-refractivity contribution in [3.05, 3.63) is 29.3 Å². The third kappa shape index (κ3) is 6.16. The standard InChI is InChI=1S/C31H48F2O/c1-3-5-7-8-23-15-17-27-24(16-18-26(23)27)12-9-22-10-13-25(14-11-22)28-19-20-29(31(33)30(28)32)34-21-6-4-2/h19-20,22-27H,3-18,21H2,1-2H3. The quantitative estimate of drug-likeness (QED) is 0.274. The molecule has 3 aliphatic rings. The van der Waals surface area contributed by atoms with Crippen LogP contribution in [-0.4, -0.2) is 6.61 Å². The molecule has 1 aromatic rings. The maximum absolute atomic E-state index is 14.8. The topological polar surface area (TPSA) is 9.23 Å². The van der Waals surface area contributed by atoms with Crippen LogP contribution in [-0.2, 0) is 0 Å². The highest BCUT2D eigenvalue weighted by atomic mass is 19.2. The molecule has 0 amide bonds. The van der Waals surface area contributed by atoms with E-state index >= 15 is 0 Å². The summed E-state index contributed by atoms with van der Waals surface area (Å²) < 4.78 is 34.8. The molecule has 3 fully saturated rings. The lowest BCUT2D eigenvalue weighted by molar-refractivity contribution is 0.249. The molecule has 0 N–H and O–H groups in total. The number of halogens is 2. The van der Waals surface area contributed by atoms with Gasteiger partial charge in [0.25, 0.3) is 0 Å². The maximum atomic E-state index is 14.8. The Morgan fingerprint density at radius 2 is 1.38 bits per heavy atom. The van der Waals surface area contributed by atoms with E-state index < -0.39 is 11.6 Å². The van der Waals surface area contributed by atoms with E-state index in [0.717, 1.165) is 55.3 Å². The van der Waals surface area contributed by atoms with Crippen LogP contribution < -0.4 is 4.74 Å². The monoisotopic (exact) mass is 474 g/mol. The number of hydrogen-bond acceptors (Lipinski definition) is 1. The Balaban J connectivity index is 1.21. The number of benzene rings is 1. The van der Waals surface area contributed by atoms with E-state index in [4.69, 9.17) is 4.74 Å². The Morgan fingerprint density at radius 3 is 2.06 bits per heavy atom. The molecule has 0 saturated heterocycles. The summed E-state index contributed by atoms with van der Waals surface area (Å²) in [6.45, 7) is 4.81. The minimum Gasteiger partial charge on any atom is -0.490 e. The number of unbranched alkanes of at least 4 members (excludes halogenated alkanes) is 3. The van der Waals surface area contributed by atoms with Crippen molar-refractivity contribution in [1.29, 1.82) is 0 Å². The zero-order valence-electron chi connectivity index (χ0n) is 21.8. The molecule has 3 heteroatoms. The predicted molar refractivity (Wildman–Crippen MR) is 137 cm³/mol. The van der Waals surface area contributed by atoms with Gasteiger partial charge in [-0.3, -0.25) is 0 Å². The largest absolute Gasteiger partial charge is 0.490 e. The molecule has 0 heterocycles. The van der Waals surface area contributed by atoms with Crippen LogP contribution in [0.4, 0.5) is 8.78 Å². The lowest BCUT2D eigenvalue weighted by Crippen LogP contribution is -2.17. The number of ether oxygens (including phenoxy) is 1. The molecular weight excluding hydrogens is 426 g/mol. The summed E-state index contributed by atoms with van der Waals surface area (Å²) in [5, 5.41) is 0. The highest BCUT2D eigenvalue weighted by molar-refractivity contribution is 5.33. The molecule has 192 valence electrons. The number of rotatable bonds is 12. The first-order valence-corrected chi connectivity index (χ1v) is 14.7. The average molecular weight is 475 g/mol. The normalized spacial score (nSPS) is 31.1. The van der Waals surface area contributed by atoms with Gasteiger partial charge >= 0.3 is 0 Å². The van der Waals surface area contributed by atoms with Gasteiger partial charge in [-0.05, 0) is 111 Å².